The minimum Gasteiger partial charge on any atom is -0.337 e. The van der Waals surface area contributed by atoms with Crippen molar-refractivity contribution in [3.8, 4) is 11.4 Å². The Morgan fingerprint density at radius 3 is 2.64 bits per heavy atom. The second-order valence-electron chi connectivity index (χ2n) is 6.99. The molecule has 6 heteroatoms. The van der Waals surface area contributed by atoms with E-state index in [2.05, 4.69) is 28.4 Å². The van der Waals surface area contributed by atoms with Crippen LogP contribution >= 0.6 is 12.2 Å². The number of nitrogens with one attached hydrogen (secondary N) is 1. The highest BCUT2D eigenvalue weighted by molar-refractivity contribution is 7.71. The zero-order chi connectivity index (χ0) is 19.5. The first kappa shape index (κ1) is 18.4. The fourth-order valence-electron chi connectivity index (χ4n) is 3.51. The van der Waals surface area contributed by atoms with Crippen LogP contribution in [0.25, 0.3) is 17.0 Å². The summed E-state index contributed by atoms with van der Waals surface area (Å²) in [7, 11) is 0. The Morgan fingerprint density at radius 1 is 1.14 bits per heavy atom. The number of benzene rings is 2. The summed E-state index contributed by atoms with van der Waals surface area (Å²) in [5.41, 5.74) is 4.61. The third-order valence-electron chi connectivity index (χ3n) is 5.03. The fourth-order valence-corrected chi connectivity index (χ4v) is 3.71. The SMILES string of the molecule is Cc1cccc(-c2n[nH]c(=S)n2CC(=O)N2CC=C(c3ccccc3)CC2)c1. The highest BCUT2D eigenvalue weighted by Gasteiger charge is 2.20. The van der Waals surface area contributed by atoms with Crippen LogP contribution in [0.5, 0.6) is 0 Å². The Bertz CT molecular complexity index is 1080. The van der Waals surface area contributed by atoms with Gasteiger partial charge >= 0.3 is 0 Å². The Hall–Kier alpha value is -2.99. The minimum atomic E-state index is 0.0507. The van der Waals surface area contributed by atoms with E-state index < -0.39 is 0 Å². The molecule has 1 aliphatic rings. The topological polar surface area (TPSA) is 53.9 Å². The second-order valence-corrected chi connectivity index (χ2v) is 7.38. The lowest BCUT2D eigenvalue weighted by Gasteiger charge is -2.27. The van der Waals surface area contributed by atoms with Crippen LogP contribution in [0.3, 0.4) is 0 Å². The number of hydrogen-bond acceptors (Lipinski definition) is 3. The van der Waals surface area contributed by atoms with Crippen LogP contribution in [0.2, 0.25) is 0 Å². The van der Waals surface area contributed by atoms with Gasteiger partial charge in [-0.15, -0.1) is 0 Å². The fraction of sp³-hybridized carbons (Fsp3) is 0.227. The van der Waals surface area contributed by atoms with Crippen molar-refractivity contribution in [3.63, 3.8) is 0 Å². The zero-order valence-corrected chi connectivity index (χ0v) is 16.6. The molecule has 5 nitrogen and oxygen atoms in total. The van der Waals surface area contributed by atoms with Gasteiger partial charge < -0.3 is 4.90 Å². The van der Waals surface area contributed by atoms with Gasteiger partial charge in [-0.3, -0.25) is 14.5 Å². The molecule has 0 fully saturated rings. The van der Waals surface area contributed by atoms with E-state index in [0.29, 0.717) is 23.7 Å². The summed E-state index contributed by atoms with van der Waals surface area (Å²) in [6.45, 7) is 3.55. The van der Waals surface area contributed by atoms with Gasteiger partial charge in [-0.05, 0) is 42.8 Å². The molecule has 0 unspecified atom stereocenters. The van der Waals surface area contributed by atoms with Gasteiger partial charge in [0.25, 0.3) is 0 Å². The highest BCUT2D eigenvalue weighted by atomic mass is 32.1. The van der Waals surface area contributed by atoms with E-state index in [1.165, 1.54) is 11.1 Å². The van der Waals surface area contributed by atoms with Crippen molar-refractivity contribution in [1.29, 1.82) is 0 Å². The van der Waals surface area contributed by atoms with E-state index in [1.807, 2.05) is 54.3 Å². The maximum atomic E-state index is 12.9. The first-order chi connectivity index (χ1) is 13.6. The molecular formula is C22H22N4OS. The summed E-state index contributed by atoms with van der Waals surface area (Å²) in [4.78, 5) is 14.8. The molecule has 1 aliphatic heterocycles. The van der Waals surface area contributed by atoms with Crippen LogP contribution in [0.15, 0.2) is 60.7 Å². The average molecular weight is 391 g/mol. The highest BCUT2D eigenvalue weighted by Crippen LogP contribution is 2.23. The molecule has 28 heavy (non-hydrogen) atoms. The quantitative estimate of drug-likeness (QED) is 0.678. The standard InChI is InChI=1S/C22H22N4OS/c1-16-6-5-9-19(14-16)21-23-24-22(28)26(21)15-20(27)25-12-10-18(11-13-25)17-7-3-2-4-8-17/h2-10,14H,11-13,15H2,1H3,(H,24,28). The van der Waals surface area contributed by atoms with Crippen molar-refractivity contribution < 1.29 is 4.79 Å². The van der Waals surface area contributed by atoms with E-state index >= 15 is 0 Å². The summed E-state index contributed by atoms with van der Waals surface area (Å²) in [6, 6.07) is 18.4. The number of carbonyl (C=O) groups excluding carboxylic acids is 1. The lowest BCUT2D eigenvalue weighted by atomic mass is 9.99. The van der Waals surface area contributed by atoms with Crippen LogP contribution in [0.4, 0.5) is 0 Å². The Balaban J connectivity index is 1.50. The van der Waals surface area contributed by atoms with Gasteiger partial charge in [-0.2, -0.15) is 5.10 Å². The molecule has 3 aromatic rings. The van der Waals surface area contributed by atoms with E-state index in [-0.39, 0.29) is 12.5 Å². The molecule has 142 valence electrons. The Labute approximate surface area is 169 Å². The van der Waals surface area contributed by atoms with Crippen molar-refractivity contribution in [2.24, 2.45) is 0 Å². The molecule has 1 amide bonds. The van der Waals surface area contributed by atoms with Crippen LogP contribution in [-0.2, 0) is 11.3 Å². The minimum absolute atomic E-state index is 0.0507. The summed E-state index contributed by atoms with van der Waals surface area (Å²) >= 11 is 5.37. The van der Waals surface area contributed by atoms with E-state index in [0.717, 1.165) is 17.5 Å². The number of rotatable bonds is 4. The predicted molar refractivity (Wildman–Crippen MR) is 113 cm³/mol. The van der Waals surface area contributed by atoms with Gasteiger partial charge in [0.1, 0.15) is 6.54 Å². The molecule has 1 N–H and O–H groups in total. The zero-order valence-electron chi connectivity index (χ0n) is 15.8. The van der Waals surface area contributed by atoms with Crippen molar-refractivity contribution in [1.82, 2.24) is 19.7 Å². The van der Waals surface area contributed by atoms with Gasteiger partial charge in [-0.1, -0.05) is 60.2 Å². The Kier molecular flexibility index (Phi) is 5.21. The third kappa shape index (κ3) is 3.82. The maximum absolute atomic E-state index is 12.9. The molecule has 0 radical (unpaired) electrons. The van der Waals surface area contributed by atoms with Crippen LogP contribution in [0, 0.1) is 11.7 Å². The third-order valence-corrected chi connectivity index (χ3v) is 5.35. The average Bonchev–Trinajstić information content (AvgIpc) is 3.09. The smallest absolute Gasteiger partial charge is 0.242 e. The molecule has 0 atom stereocenters. The summed E-state index contributed by atoms with van der Waals surface area (Å²) in [5, 5.41) is 7.17. The number of aryl methyl sites for hydroxylation is 1. The summed E-state index contributed by atoms with van der Waals surface area (Å²) in [6.07, 6.45) is 3.00. The molecule has 2 aromatic carbocycles. The number of aromatic nitrogens is 3. The van der Waals surface area contributed by atoms with Gasteiger partial charge in [0.15, 0.2) is 10.6 Å². The van der Waals surface area contributed by atoms with Crippen molar-refractivity contribution in [2.45, 2.75) is 19.9 Å². The lowest BCUT2D eigenvalue weighted by molar-refractivity contribution is -0.131. The monoisotopic (exact) mass is 390 g/mol. The van der Waals surface area contributed by atoms with Crippen LogP contribution in [0.1, 0.15) is 17.5 Å². The number of nitrogens with zero attached hydrogens (tertiary/aromatic N) is 3. The maximum Gasteiger partial charge on any atom is 0.242 e. The number of hydrogen-bond donors (Lipinski definition) is 1. The van der Waals surface area contributed by atoms with Crippen molar-refractivity contribution >= 4 is 23.7 Å². The number of aromatic amines is 1. The molecule has 0 saturated heterocycles. The van der Waals surface area contributed by atoms with E-state index in [9.17, 15) is 4.79 Å². The van der Waals surface area contributed by atoms with E-state index in [4.69, 9.17) is 12.2 Å². The van der Waals surface area contributed by atoms with Crippen molar-refractivity contribution in [3.05, 3.63) is 76.6 Å². The number of H-pyrrole nitrogens is 1. The van der Waals surface area contributed by atoms with Gasteiger partial charge in [0, 0.05) is 18.7 Å². The van der Waals surface area contributed by atoms with E-state index in [1.54, 1.807) is 4.57 Å². The normalized spacial score (nSPS) is 14.0. The van der Waals surface area contributed by atoms with Crippen LogP contribution in [-0.4, -0.2) is 38.7 Å². The molecule has 0 bridgehead atoms. The van der Waals surface area contributed by atoms with Gasteiger partial charge in [0.2, 0.25) is 5.91 Å². The molecule has 0 spiro atoms. The Morgan fingerprint density at radius 2 is 1.93 bits per heavy atom. The van der Waals surface area contributed by atoms with Crippen molar-refractivity contribution in [2.75, 3.05) is 13.1 Å². The van der Waals surface area contributed by atoms with Crippen LogP contribution < -0.4 is 0 Å². The number of carbonyl (C=O) groups is 1. The predicted octanol–water partition coefficient (Wildman–Crippen LogP) is 4.23. The molecule has 2 heterocycles. The number of amides is 1. The second kappa shape index (κ2) is 7.94. The molecule has 0 saturated carbocycles. The first-order valence-electron chi connectivity index (χ1n) is 9.36. The lowest BCUT2D eigenvalue weighted by Crippen LogP contribution is -2.37. The molecule has 1 aromatic heterocycles. The molecule has 4 rings (SSSR count). The summed E-state index contributed by atoms with van der Waals surface area (Å²) < 4.78 is 2.24. The molecular weight excluding hydrogens is 368 g/mol. The summed E-state index contributed by atoms with van der Waals surface area (Å²) in [5.74, 6) is 0.745. The molecule has 0 aliphatic carbocycles. The van der Waals surface area contributed by atoms with Gasteiger partial charge in [0.05, 0.1) is 0 Å². The largest absolute Gasteiger partial charge is 0.337 e. The first-order valence-corrected chi connectivity index (χ1v) is 9.77. The van der Waals surface area contributed by atoms with Gasteiger partial charge in [-0.25, -0.2) is 0 Å².